The molecule has 1 aliphatic heterocycles. The minimum absolute atomic E-state index is 0.242. The van der Waals surface area contributed by atoms with Crippen LogP contribution in [0.4, 0.5) is 22.0 Å². The average molecular weight is 482 g/mol. The number of aromatic nitrogens is 3. The Morgan fingerprint density at radius 1 is 0.886 bits per heavy atom. The van der Waals surface area contributed by atoms with Crippen LogP contribution in [0.25, 0.3) is 22.6 Å². The van der Waals surface area contributed by atoms with Gasteiger partial charge in [0.2, 0.25) is 0 Å². The molecule has 4 aromatic rings. The molecule has 0 fully saturated rings. The first kappa shape index (κ1) is 23.0. The van der Waals surface area contributed by atoms with Crippen LogP contribution in [0.3, 0.4) is 0 Å². The zero-order valence-corrected chi connectivity index (χ0v) is 18.4. The van der Waals surface area contributed by atoms with Gasteiger partial charge in [-0.15, -0.1) is 0 Å². The lowest BCUT2D eigenvalue weighted by Crippen LogP contribution is -2.31. The first-order chi connectivity index (χ1) is 16.8. The Kier molecular flexibility index (Phi) is 6.02. The van der Waals surface area contributed by atoms with Gasteiger partial charge in [-0.05, 0) is 35.9 Å². The lowest BCUT2D eigenvalue weighted by molar-refractivity contribution is -0.137. The van der Waals surface area contributed by atoms with E-state index in [4.69, 9.17) is 0 Å². The molecule has 5 rings (SSSR count). The molecular weight excluding hydrogens is 463 g/mol. The maximum Gasteiger partial charge on any atom is 0.416 e. The predicted octanol–water partition coefficient (Wildman–Crippen LogP) is 6.06. The summed E-state index contributed by atoms with van der Waals surface area (Å²) in [5.74, 6) is -0.893. The van der Waals surface area contributed by atoms with E-state index < -0.39 is 23.4 Å². The van der Waals surface area contributed by atoms with Crippen molar-refractivity contribution in [1.29, 1.82) is 0 Å². The number of fused-ring (bicyclic) bond motifs is 1. The van der Waals surface area contributed by atoms with Gasteiger partial charge in [-0.1, -0.05) is 18.2 Å². The Morgan fingerprint density at radius 2 is 1.69 bits per heavy atom. The number of pyridine rings is 1. The summed E-state index contributed by atoms with van der Waals surface area (Å²) in [6.45, 7) is 1.99. The lowest BCUT2D eigenvalue weighted by Gasteiger charge is -2.28. The monoisotopic (exact) mass is 482 g/mol. The topological polar surface area (TPSA) is 41.9 Å². The van der Waals surface area contributed by atoms with Crippen molar-refractivity contribution < 1.29 is 22.0 Å². The van der Waals surface area contributed by atoms with Crippen molar-refractivity contribution >= 4 is 0 Å². The average Bonchev–Trinajstić information content (AvgIpc) is 2.84. The van der Waals surface area contributed by atoms with Gasteiger partial charge in [-0.25, -0.2) is 18.7 Å². The summed E-state index contributed by atoms with van der Waals surface area (Å²) in [7, 11) is 0. The highest BCUT2D eigenvalue weighted by molar-refractivity contribution is 5.60. The maximum absolute atomic E-state index is 14.0. The zero-order valence-electron chi connectivity index (χ0n) is 18.4. The Morgan fingerprint density at radius 3 is 2.37 bits per heavy atom. The first-order valence-corrected chi connectivity index (χ1v) is 10.9. The second-order valence-electron chi connectivity index (χ2n) is 8.38. The smallest absolute Gasteiger partial charge is 0.294 e. The number of benzene rings is 2. The van der Waals surface area contributed by atoms with E-state index in [1.165, 1.54) is 24.3 Å². The van der Waals surface area contributed by atoms with Crippen molar-refractivity contribution in [3.8, 4) is 22.6 Å². The van der Waals surface area contributed by atoms with E-state index in [2.05, 4.69) is 19.9 Å². The molecule has 9 heteroatoms. The fourth-order valence-electron chi connectivity index (χ4n) is 4.09. The van der Waals surface area contributed by atoms with E-state index in [1.54, 1.807) is 18.5 Å². The first-order valence-electron chi connectivity index (χ1n) is 10.9. The molecule has 0 spiro atoms. The predicted molar refractivity (Wildman–Crippen MR) is 120 cm³/mol. The van der Waals surface area contributed by atoms with Crippen molar-refractivity contribution in [1.82, 2.24) is 19.9 Å². The normalized spacial score (nSPS) is 14.1. The van der Waals surface area contributed by atoms with Gasteiger partial charge in [0.05, 0.1) is 17.0 Å². The van der Waals surface area contributed by atoms with Crippen LogP contribution in [0.2, 0.25) is 0 Å². The van der Waals surface area contributed by atoms with Crippen LogP contribution in [0.5, 0.6) is 0 Å². The molecule has 35 heavy (non-hydrogen) atoms. The third-order valence-electron chi connectivity index (χ3n) is 5.92. The molecule has 0 amide bonds. The van der Waals surface area contributed by atoms with Crippen LogP contribution >= 0.6 is 0 Å². The summed E-state index contributed by atoms with van der Waals surface area (Å²) in [5.41, 5.74) is 3.29. The summed E-state index contributed by atoms with van der Waals surface area (Å²) in [4.78, 5) is 15.5. The van der Waals surface area contributed by atoms with Gasteiger partial charge in [-0.3, -0.25) is 9.88 Å². The molecule has 1 aliphatic rings. The fraction of sp³-hybridized carbons (Fsp3) is 0.192. The highest BCUT2D eigenvalue weighted by Crippen LogP contribution is 2.31. The SMILES string of the molecule is Fc1ccc(-c2ccc(CN3CCc4nc(-c5ccc(C(F)(F)F)cc5)ncc4C3)cn2)c(F)c1. The minimum Gasteiger partial charge on any atom is -0.294 e. The Hall–Kier alpha value is -3.72. The number of alkyl halides is 3. The second-order valence-corrected chi connectivity index (χ2v) is 8.38. The third-order valence-corrected chi connectivity index (χ3v) is 5.92. The van der Waals surface area contributed by atoms with Crippen molar-refractivity contribution in [2.75, 3.05) is 6.54 Å². The van der Waals surface area contributed by atoms with Crippen LogP contribution in [-0.2, 0) is 25.7 Å². The molecule has 4 nitrogen and oxygen atoms in total. The van der Waals surface area contributed by atoms with Crippen LogP contribution in [0.1, 0.15) is 22.4 Å². The van der Waals surface area contributed by atoms with Gasteiger partial charge < -0.3 is 0 Å². The van der Waals surface area contributed by atoms with E-state index in [9.17, 15) is 22.0 Å². The van der Waals surface area contributed by atoms with Crippen molar-refractivity contribution in [2.24, 2.45) is 0 Å². The quantitative estimate of drug-likeness (QED) is 0.332. The van der Waals surface area contributed by atoms with Gasteiger partial charge in [0.25, 0.3) is 0 Å². The molecule has 0 saturated carbocycles. The Labute approximate surface area is 198 Å². The number of halogens is 5. The number of hydrogen-bond donors (Lipinski definition) is 0. The Balaban J connectivity index is 1.26. The van der Waals surface area contributed by atoms with Gasteiger partial charge in [0, 0.05) is 61.2 Å². The minimum atomic E-state index is -4.38. The molecule has 0 saturated heterocycles. The van der Waals surface area contributed by atoms with E-state index in [-0.39, 0.29) is 5.56 Å². The molecule has 0 atom stereocenters. The van der Waals surface area contributed by atoms with Gasteiger partial charge in [0.1, 0.15) is 11.6 Å². The molecule has 178 valence electrons. The number of rotatable bonds is 4. The zero-order chi connectivity index (χ0) is 24.6. The van der Waals surface area contributed by atoms with Gasteiger partial charge in [0.15, 0.2) is 5.82 Å². The van der Waals surface area contributed by atoms with E-state index in [0.29, 0.717) is 36.6 Å². The Bertz CT molecular complexity index is 1350. The largest absolute Gasteiger partial charge is 0.416 e. The molecule has 3 heterocycles. The summed E-state index contributed by atoms with van der Waals surface area (Å²) in [6, 6.07) is 11.8. The lowest BCUT2D eigenvalue weighted by atomic mass is 10.1. The summed E-state index contributed by atoms with van der Waals surface area (Å²) in [5, 5.41) is 0. The molecule has 2 aromatic carbocycles. The van der Waals surface area contributed by atoms with Crippen molar-refractivity contribution in [3.63, 3.8) is 0 Å². The molecule has 0 radical (unpaired) electrons. The summed E-state index contributed by atoms with van der Waals surface area (Å²) in [6.07, 6.45) is -0.304. The summed E-state index contributed by atoms with van der Waals surface area (Å²) >= 11 is 0. The highest BCUT2D eigenvalue weighted by atomic mass is 19.4. The van der Waals surface area contributed by atoms with Crippen molar-refractivity contribution in [2.45, 2.75) is 25.7 Å². The van der Waals surface area contributed by atoms with E-state index in [0.717, 1.165) is 41.6 Å². The molecule has 0 unspecified atom stereocenters. The molecule has 0 aliphatic carbocycles. The summed E-state index contributed by atoms with van der Waals surface area (Å²) < 4.78 is 65.5. The fourth-order valence-corrected chi connectivity index (χ4v) is 4.09. The van der Waals surface area contributed by atoms with Crippen LogP contribution in [-0.4, -0.2) is 26.4 Å². The van der Waals surface area contributed by atoms with E-state index >= 15 is 0 Å². The molecule has 0 N–H and O–H groups in total. The highest BCUT2D eigenvalue weighted by Gasteiger charge is 2.30. The number of hydrogen-bond acceptors (Lipinski definition) is 4. The van der Waals surface area contributed by atoms with Gasteiger partial charge >= 0.3 is 6.18 Å². The standard InChI is InChI=1S/C26H19F5N4/c27-20-6-7-21(22(28)11-20)24-8-1-16(12-32-24)14-35-10-9-23-18(15-35)13-33-25(34-23)17-2-4-19(5-3-17)26(29,30)31/h1-8,11-13H,9-10,14-15H2. The number of nitrogens with zero attached hydrogens (tertiary/aromatic N) is 4. The van der Waals surface area contributed by atoms with Crippen molar-refractivity contribution in [3.05, 3.63) is 101 Å². The van der Waals surface area contributed by atoms with Crippen LogP contribution < -0.4 is 0 Å². The van der Waals surface area contributed by atoms with E-state index in [1.807, 2.05) is 6.07 Å². The van der Waals surface area contributed by atoms with Crippen LogP contribution in [0.15, 0.2) is 67.0 Å². The van der Waals surface area contributed by atoms with Gasteiger partial charge in [-0.2, -0.15) is 13.2 Å². The molecule has 0 bridgehead atoms. The molecular formula is C26H19F5N4. The third kappa shape index (κ3) is 5.05. The molecule has 2 aromatic heterocycles. The maximum atomic E-state index is 14.0. The van der Waals surface area contributed by atoms with Crippen LogP contribution in [0, 0.1) is 11.6 Å². The second kappa shape index (κ2) is 9.14.